The van der Waals surface area contributed by atoms with Crippen molar-refractivity contribution in [1.82, 2.24) is 0 Å². The van der Waals surface area contributed by atoms with E-state index < -0.39 is 0 Å². The second kappa shape index (κ2) is 20.0. The maximum absolute atomic E-state index is 5.49. The molecule has 1 heteroatoms. The van der Waals surface area contributed by atoms with Crippen molar-refractivity contribution in [3.63, 3.8) is 0 Å². The topological polar surface area (TPSA) is 26.0 Å². The molecule has 0 spiro atoms. The molecule has 127 valence electrons. The molecule has 0 atom stereocenters. The predicted molar refractivity (Wildman–Crippen MR) is 97.5 cm³/mol. The second-order valence-electron chi connectivity index (χ2n) is 6.65. The molecule has 0 aliphatic carbocycles. The van der Waals surface area contributed by atoms with E-state index in [0.717, 1.165) is 13.0 Å². The fourth-order valence-electron chi connectivity index (χ4n) is 2.97. The molecular weight excluding hydrogens is 254 g/mol. The maximum Gasteiger partial charge on any atom is -0.00773 e. The van der Waals surface area contributed by atoms with Crippen molar-refractivity contribution in [3.05, 3.63) is 6.92 Å². The highest BCUT2D eigenvalue weighted by molar-refractivity contribution is 4.50. The molecule has 0 aromatic heterocycles. The van der Waals surface area contributed by atoms with Crippen LogP contribution in [0.5, 0.6) is 0 Å². The highest BCUT2D eigenvalue weighted by atomic mass is 14.5. The summed E-state index contributed by atoms with van der Waals surface area (Å²) in [5.74, 6) is 0. The molecule has 2 N–H and O–H groups in total. The summed E-state index contributed by atoms with van der Waals surface area (Å²) in [4.78, 5) is 0. The first-order valence-corrected chi connectivity index (χ1v) is 9.91. The lowest BCUT2D eigenvalue weighted by Gasteiger charge is -2.03. The minimum Gasteiger partial charge on any atom is -0.330 e. The first kappa shape index (κ1) is 21.0. The summed E-state index contributed by atoms with van der Waals surface area (Å²) in [6.45, 7) is 4.76. The Morgan fingerprint density at radius 2 is 0.619 bits per heavy atom. The van der Waals surface area contributed by atoms with Gasteiger partial charge in [-0.25, -0.2) is 0 Å². The van der Waals surface area contributed by atoms with E-state index >= 15 is 0 Å². The van der Waals surface area contributed by atoms with E-state index in [2.05, 4.69) is 6.92 Å². The van der Waals surface area contributed by atoms with Crippen LogP contribution >= 0.6 is 0 Å². The third kappa shape index (κ3) is 20.0. The van der Waals surface area contributed by atoms with Gasteiger partial charge in [0, 0.05) is 0 Å². The largest absolute Gasteiger partial charge is 0.330 e. The molecule has 0 aromatic rings. The van der Waals surface area contributed by atoms with Crippen molar-refractivity contribution >= 4 is 0 Å². The number of nitrogens with two attached hydrogens (primary N) is 1. The molecule has 0 aromatic carbocycles. The zero-order chi connectivity index (χ0) is 15.4. The van der Waals surface area contributed by atoms with Gasteiger partial charge in [0.15, 0.2) is 0 Å². The zero-order valence-electron chi connectivity index (χ0n) is 14.7. The van der Waals surface area contributed by atoms with E-state index in [-0.39, 0.29) is 0 Å². The fraction of sp³-hybridized carbons (Fsp3) is 0.950. The van der Waals surface area contributed by atoms with Gasteiger partial charge in [0.25, 0.3) is 0 Å². The van der Waals surface area contributed by atoms with Crippen LogP contribution in [-0.2, 0) is 0 Å². The van der Waals surface area contributed by atoms with Gasteiger partial charge in [-0.2, -0.15) is 0 Å². The van der Waals surface area contributed by atoms with Gasteiger partial charge in [-0.1, -0.05) is 116 Å². The summed E-state index contributed by atoms with van der Waals surface area (Å²) in [5, 5.41) is 0. The quantitative estimate of drug-likeness (QED) is 0.276. The lowest BCUT2D eigenvalue weighted by atomic mass is 10.0. The Kier molecular flexibility index (Phi) is 19.9. The van der Waals surface area contributed by atoms with Gasteiger partial charge in [-0.05, 0) is 13.0 Å². The summed E-state index contributed by atoms with van der Waals surface area (Å²) in [7, 11) is 0. The first-order chi connectivity index (χ1) is 10.4. The molecular formula is C20H42N. The van der Waals surface area contributed by atoms with Crippen LogP contribution < -0.4 is 5.73 Å². The third-order valence-electron chi connectivity index (χ3n) is 4.45. The zero-order valence-corrected chi connectivity index (χ0v) is 14.7. The molecule has 0 aliphatic rings. The summed E-state index contributed by atoms with van der Waals surface area (Å²) >= 11 is 0. The molecule has 0 aliphatic heterocycles. The van der Waals surface area contributed by atoms with Gasteiger partial charge < -0.3 is 5.73 Å². The van der Waals surface area contributed by atoms with Gasteiger partial charge in [0.05, 0.1) is 0 Å². The van der Waals surface area contributed by atoms with Crippen molar-refractivity contribution in [2.45, 2.75) is 116 Å². The molecule has 0 bridgehead atoms. The van der Waals surface area contributed by atoms with Crippen molar-refractivity contribution in [2.24, 2.45) is 5.73 Å². The van der Waals surface area contributed by atoms with Gasteiger partial charge in [0.2, 0.25) is 0 Å². The molecule has 21 heavy (non-hydrogen) atoms. The van der Waals surface area contributed by atoms with Gasteiger partial charge >= 0.3 is 0 Å². The van der Waals surface area contributed by atoms with Crippen LogP contribution in [0.15, 0.2) is 0 Å². The number of unbranched alkanes of at least 4 members (excludes halogenated alkanes) is 17. The van der Waals surface area contributed by atoms with E-state index in [0.29, 0.717) is 0 Å². The number of hydrogen-bond donors (Lipinski definition) is 1. The standard InChI is InChI=1S/C20H42N/c1-2-3-4-5-6-7-8-9-10-11-12-13-14-15-16-17-18-19-20-21/h1-21H2. The molecule has 0 heterocycles. The van der Waals surface area contributed by atoms with E-state index in [9.17, 15) is 0 Å². The smallest absolute Gasteiger partial charge is 0.00773 e. The summed E-state index contributed by atoms with van der Waals surface area (Å²) < 4.78 is 0. The maximum atomic E-state index is 5.49. The number of hydrogen-bond acceptors (Lipinski definition) is 1. The molecule has 0 saturated carbocycles. The second-order valence-corrected chi connectivity index (χ2v) is 6.65. The average Bonchev–Trinajstić information content (AvgIpc) is 2.50. The molecule has 0 saturated heterocycles. The molecule has 0 rings (SSSR count). The summed E-state index contributed by atoms with van der Waals surface area (Å²) in [5.41, 5.74) is 5.49. The Labute approximate surface area is 135 Å². The molecule has 0 unspecified atom stereocenters. The third-order valence-corrected chi connectivity index (χ3v) is 4.45. The molecule has 1 radical (unpaired) electrons. The minimum atomic E-state index is 0.871. The van der Waals surface area contributed by atoms with E-state index in [1.54, 1.807) is 0 Å². The summed E-state index contributed by atoms with van der Waals surface area (Å²) in [6, 6.07) is 0. The highest BCUT2D eigenvalue weighted by Gasteiger charge is 1.94. The Morgan fingerprint density at radius 3 is 0.857 bits per heavy atom. The molecule has 0 amide bonds. The van der Waals surface area contributed by atoms with Crippen LogP contribution in [-0.4, -0.2) is 6.54 Å². The summed E-state index contributed by atoms with van der Waals surface area (Å²) in [6.07, 6.45) is 25.2. The van der Waals surface area contributed by atoms with Crippen molar-refractivity contribution < 1.29 is 0 Å². The Hall–Kier alpha value is -0.0400. The fourth-order valence-corrected chi connectivity index (χ4v) is 2.97. The van der Waals surface area contributed by atoms with Crippen molar-refractivity contribution in [1.29, 1.82) is 0 Å². The lowest BCUT2D eigenvalue weighted by Crippen LogP contribution is -1.97. The Morgan fingerprint density at radius 1 is 0.381 bits per heavy atom. The van der Waals surface area contributed by atoms with Crippen LogP contribution in [0.3, 0.4) is 0 Å². The van der Waals surface area contributed by atoms with Crippen LogP contribution in [0.1, 0.15) is 116 Å². The van der Waals surface area contributed by atoms with Crippen LogP contribution in [0, 0.1) is 6.92 Å². The monoisotopic (exact) mass is 296 g/mol. The SMILES string of the molecule is [CH2]CCCCCCCCCCCCCCCCCCCN. The Bertz CT molecular complexity index is 149. The van der Waals surface area contributed by atoms with Crippen molar-refractivity contribution in [2.75, 3.05) is 6.54 Å². The van der Waals surface area contributed by atoms with Gasteiger partial charge in [-0.3, -0.25) is 0 Å². The number of rotatable bonds is 18. The van der Waals surface area contributed by atoms with Crippen LogP contribution in [0.4, 0.5) is 0 Å². The van der Waals surface area contributed by atoms with E-state index in [1.165, 1.54) is 109 Å². The average molecular weight is 297 g/mol. The van der Waals surface area contributed by atoms with Crippen molar-refractivity contribution in [3.8, 4) is 0 Å². The normalized spacial score (nSPS) is 11.1. The van der Waals surface area contributed by atoms with E-state index in [4.69, 9.17) is 5.73 Å². The predicted octanol–water partition coefficient (Wildman–Crippen LogP) is 6.80. The van der Waals surface area contributed by atoms with E-state index in [1.807, 2.05) is 0 Å². The van der Waals surface area contributed by atoms with Gasteiger partial charge in [-0.15, -0.1) is 0 Å². The molecule has 1 nitrogen and oxygen atoms in total. The Balaban J connectivity index is 2.90. The lowest BCUT2D eigenvalue weighted by molar-refractivity contribution is 0.526. The van der Waals surface area contributed by atoms with Crippen LogP contribution in [0.25, 0.3) is 0 Å². The first-order valence-electron chi connectivity index (χ1n) is 9.91. The minimum absolute atomic E-state index is 0.871. The van der Waals surface area contributed by atoms with Gasteiger partial charge in [0.1, 0.15) is 0 Å². The van der Waals surface area contributed by atoms with Crippen LogP contribution in [0.2, 0.25) is 0 Å². The molecule has 0 fully saturated rings. The highest BCUT2D eigenvalue weighted by Crippen LogP contribution is 2.14.